The van der Waals surface area contributed by atoms with Gasteiger partial charge in [0.05, 0.1) is 6.61 Å². The molecule has 2 aromatic rings. The number of aromatic nitrogens is 1. The van der Waals surface area contributed by atoms with Crippen molar-refractivity contribution in [3.05, 3.63) is 47.7 Å². The van der Waals surface area contributed by atoms with E-state index in [-0.39, 0.29) is 6.79 Å². The normalized spacial score (nSPS) is 12.8. The minimum absolute atomic E-state index is 0.283. The summed E-state index contributed by atoms with van der Waals surface area (Å²) in [4.78, 5) is 8.40. The maximum atomic E-state index is 5.41. The van der Waals surface area contributed by atoms with Crippen LogP contribution in [0.4, 0.5) is 0 Å². The summed E-state index contributed by atoms with van der Waals surface area (Å²) >= 11 is 0. The van der Waals surface area contributed by atoms with E-state index in [1.54, 1.807) is 13.2 Å². The monoisotopic (exact) mass is 342 g/mol. The van der Waals surface area contributed by atoms with E-state index >= 15 is 0 Å². The molecule has 1 aromatic carbocycles. The highest BCUT2D eigenvalue weighted by atomic mass is 16.7. The smallest absolute Gasteiger partial charge is 0.231 e. The zero-order valence-electron chi connectivity index (χ0n) is 14.4. The van der Waals surface area contributed by atoms with Crippen LogP contribution in [-0.2, 0) is 13.1 Å². The van der Waals surface area contributed by atoms with Gasteiger partial charge in [-0.2, -0.15) is 0 Å². The first-order valence-corrected chi connectivity index (χ1v) is 8.19. The number of hydrogen-bond donors (Lipinski definition) is 2. The molecule has 3 rings (SSSR count). The van der Waals surface area contributed by atoms with Crippen molar-refractivity contribution >= 4 is 5.96 Å². The summed E-state index contributed by atoms with van der Waals surface area (Å²) < 4.78 is 16.1. The van der Waals surface area contributed by atoms with Crippen LogP contribution in [0.25, 0.3) is 0 Å². The summed E-state index contributed by atoms with van der Waals surface area (Å²) in [6.07, 6.45) is 1.74. The summed E-state index contributed by atoms with van der Waals surface area (Å²) in [5.74, 6) is 2.91. The summed E-state index contributed by atoms with van der Waals surface area (Å²) in [5.41, 5.74) is 2.17. The Morgan fingerprint density at radius 3 is 2.64 bits per heavy atom. The van der Waals surface area contributed by atoms with Gasteiger partial charge in [-0.25, -0.2) is 4.98 Å². The molecular weight excluding hydrogens is 320 g/mol. The SMILES string of the molecule is CCOc1cc(CNC(=NC)NCc2ccc3c(c2)OCO3)ccn1. The van der Waals surface area contributed by atoms with Crippen molar-refractivity contribution in [2.24, 2.45) is 4.99 Å². The maximum Gasteiger partial charge on any atom is 0.231 e. The molecule has 0 radical (unpaired) electrons. The van der Waals surface area contributed by atoms with E-state index in [2.05, 4.69) is 20.6 Å². The van der Waals surface area contributed by atoms with Crippen molar-refractivity contribution in [2.75, 3.05) is 20.4 Å². The highest BCUT2D eigenvalue weighted by Crippen LogP contribution is 2.32. The number of fused-ring (bicyclic) bond motifs is 1. The van der Waals surface area contributed by atoms with Crippen LogP contribution in [-0.4, -0.2) is 31.4 Å². The molecule has 7 nitrogen and oxygen atoms in total. The molecule has 1 aliphatic heterocycles. The highest BCUT2D eigenvalue weighted by molar-refractivity contribution is 5.79. The zero-order chi connectivity index (χ0) is 17.5. The van der Waals surface area contributed by atoms with E-state index in [1.165, 1.54) is 0 Å². The molecule has 0 amide bonds. The topological polar surface area (TPSA) is 77.0 Å². The fourth-order valence-electron chi connectivity index (χ4n) is 2.43. The van der Waals surface area contributed by atoms with Crippen molar-refractivity contribution in [3.63, 3.8) is 0 Å². The molecule has 0 unspecified atom stereocenters. The predicted molar refractivity (Wildman–Crippen MR) is 95.0 cm³/mol. The molecule has 0 aliphatic carbocycles. The maximum absolute atomic E-state index is 5.41. The molecule has 0 bridgehead atoms. The Morgan fingerprint density at radius 1 is 1.12 bits per heavy atom. The Morgan fingerprint density at radius 2 is 1.88 bits per heavy atom. The van der Waals surface area contributed by atoms with Gasteiger partial charge in [0.25, 0.3) is 0 Å². The third-order valence-corrected chi connectivity index (χ3v) is 3.67. The van der Waals surface area contributed by atoms with E-state index < -0.39 is 0 Å². The predicted octanol–water partition coefficient (Wildman–Crippen LogP) is 2.07. The molecule has 1 aromatic heterocycles. The summed E-state index contributed by atoms with van der Waals surface area (Å²) in [6, 6.07) is 9.76. The number of guanidine groups is 1. The van der Waals surface area contributed by atoms with Gasteiger partial charge in [-0.05, 0) is 36.2 Å². The van der Waals surface area contributed by atoms with Crippen LogP contribution in [0.5, 0.6) is 17.4 Å². The van der Waals surface area contributed by atoms with E-state index in [0.717, 1.165) is 22.6 Å². The molecule has 2 N–H and O–H groups in total. The second kappa shape index (κ2) is 8.23. The number of aliphatic imine (C=N–C) groups is 1. The third-order valence-electron chi connectivity index (χ3n) is 3.67. The molecule has 0 fully saturated rings. The van der Waals surface area contributed by atoms with Gasteiger partial charge in [0, 0.05) is 32.4 Å². The minimum atomic E-state index is 0.283. The number of ether oxygens (including phenoxy) is 3. The van der Waals surface area contributed by atoms with Crippen LogP contribution >= 0.6 is 0 Å². The van der Waals surface area contributed by atoms with Crippen molar-refractivity contribution in [2.45, 2.75) is 20.0 Å². The minimum Gasteiger partial charge on any atom is -0.478 e. The quantitative estimate of drug-likeness (QED) is 0.618. The van der Waals surface area contributed by atoms with Crippen LogP contribution in [0.15, 0.2) is 41.5 Å². The summed E-state index contributed by atoms with van der Waals surface area (Å²) in [7, 11) is 1.74. The van der Waals surface area contributed by atoms with Crippen LogP contribution < -0.4 is 24.8 Å². The van der Waals surface area contributed by atoms with E-state index in [0.29, 0.717) is 31.5 Å². The number of rotatable bonds is 6. The third kappa shape index (κ3) is 4.53. The first-order chi connectivity index (χ1) is 12.3. The molecule has 2 heterocycles. The first-order valence-electron chi connectivity index (χ1n) is 8.19. The van der Waals surface area contributed by atoms with E-state index in [9.17, 15) is 0 Å². The molecule has 1 aliphatic rings. The molecule has 0 saturated carbocycles. The van der Waals surface area contributed by atoms with E-state index in [4.69, 9.17) is 14.2 Å². The standard InChI is InChI=1S/C18H22N4O3/c1-3-23-17-9-14(6-7-20-17)11-22-18(19-2)21-10-13-4-5-15-16(8-13)25-12-24-15/h4-9H,3,10-12H2,1-2H3,(H2,19,21,22). The van der Waals surface area contributed by atoms with Gasteiger partial charge in [-0.15, -0.1) is 0 Å². The van der Waals surface area contributed by atoms with Crippen LogP contribution in [0.3, 0.4) is 0 Å². The lowest BCUT2D eigenvalue weighted by molar-refractivity contribution is 0.174. The summed E-state index contributed by atoms with van der Waals surface area (Å²) in [5, 5.41) is 6.56. The lowest BCUT2D eigenvalue weighted by atomic mass is 10.2. The molecule has 0 atom stereocenters. The zero-order valence-corrected chi connectivity index (χ0v) is 14.4. The molecule has 0 spiro atoms. The van der Waals surface area contributed by atoms with Crippen LogP contribution in [0, 0.1) is 0 Å². The van der Waals surface area contributed by atoms with Crippen LogP contribution in [0.2, 0.25) is 0 Å². The Labute approximate surface area is 147 Å². The van der Waals surface area contributed by atoms with Gasteiger partial charge < -0.3 is 24.8 Å². The number of nitrogens with one attached hydrogen (secondary N) is 2. The Bertz CT molecular complexity index is 749. The number of hydrogen-bond acceptors (Lipinski definition) is 5. The number of benzene rings is 1. The molecule has 0 saturated heterocycles. The average molecular weight is 342 g/mol. The first kappa shape index (κ1) is 16.9. The molecule has 25 heavy (non-hydrogen) atoms. The Kier molecular flexibility index (Phi) is 5.56. The molecular formula is C18H22N4O3. The second-order valence-corrected chi connectivity index (χ2v) is 5.40. The molecule has 132 valence electrons. The van der Waals surface area contributed by atoms with Crippen molar-refractivity contribution in [3.8, 4) is 17.4 Å². The summed E-state index contributed by atoms with van der Waals surface area (Å²) in [6.45, 7) is 4.09. The van der Waals surface area contributed by atoms with Gasteiger partial charge in [0.2, 0.25) is 12.7 Å². The lowest BCUT2D eigenvalue weighted by Crippen LogP contribution is -2.36. The number of pyridine rings is 1. The number of nitrogens with zero attached hydrogens (tertiary/aromatic N) is 2. The van der Waals surface area contributed by atoms with Crippen molar-refractivity contribution in [1.82, 2.24) is 15.6 Å². The largest absolute Gasteiger partial charge is 0.478 e. The van der Waals surface area contributed by atoms with E-state index in [1.807, 2.05) is 37.3 Å². The van der Waals surface area contributed by atoms with Crippen molar-refractivity contribution < 1.29 is 14.2 Å². The van der Waals surface area contributed by atoms with Gasteiger partial charge in [-0.1, -0.05) is 6.07 Å². The lowest BCUT2D eigenvalue weighted by Gasteiger charge is -2.12. The van der Waals surface area contributed by atoms with Gasteiger partial charge >= 0.3 is 0 Å². The highest BCUT2D eigenvalue weighted by Gasteiger charge is 2.13. The van der Waals surface area contributed by atoms with Gasteiger partial charge in [0.15, 0.2) is 17.5 Å². The van der Waals surface area contributed by atoms with Crippen molar-refractivity contribution in [1.29, 1.82) is 0 Å². The molecule has 7 heteroatoms. The Hall–Kier alpha value is -2.96. The fraction of sp³-hybridized carbons (Fsp3) is 0.333. The van der Waals surface area contributed by atoms with Crippen LogP contribution in [0.1, 0.15) is 18.1 Å². The fourth-order valence-corrected chi connectivity index (χ4v) is 2.43. The van der Waals surface area contributed by atoms with Gasteiger partial charge in [-0.3, -0.25) is 4.99 Å². The Balaban J connectivity index is 1.52. The second-order valence-electron chi connectivity index (χ2n) is 5.40. The average Bonchev–Trinajstić information content (AvgIpc) is 3.10. The van der Waals surface area contributed by atoms with Gasteiger partial charge in [0.1, 0.15) is 0 Å².